The van der Waals surface area contributed by atoms with E-state index in [0.717, 1.165) is 49.7 Å². The van der Waals surface area contributed by atoms with Crippen molar-refractivity contribution < 1.29 is 4.42 Å². The number of aromatic nitrogens is 3. The van der Waals surface area contributed by atoms with Crippen LogP contribution in [0.3, 0.4) is 0 Å². The Bertz CT molecular complexity index is 2390. The predicted octanol–water partition coefficient (Wildman–Crippen LogP) is 9.18. The Kier molecular flexibility index (Phi) is 4.02. The van der Waals surface area contributed by atoms with Crippen LogP contribution in [0.4, 0.5) is 0 Å². The molecule has 9 aromatic rings. The molecule has 4 aromatic heterocycles. The van der Waals surface area contributed by atoms with E-state index < -0.39 is 0 Å². The Morgan fingerprint density at radius 1 is 0.436 bits per heavy atom. The van der Waals surface area contributed by atoms with Gasteiger partial charge in [0.25, 0.3) is 0 Å². The normalized spacial score (nSPS) is 12.1. The van der Waals surface area contributed by atoms with Gasteiger partial charge >= 0.3 is 0 Å². The average molecular weight is 500 g/mol. The van der Waals surface area contributed by atoms with Crippen LogP contribution in [-0.4, -0.2) is 14.1 Å². The standard InChI is InChI=1S/C35H21N3O/c1-2-10-22(11-3-1)37-29-15-7-4-12-24(29)27-20-23(18-19-31(27)37)38-30-16-8-5-14-26(30)34-32(38)21-28-25-13-6-9-17-33(25)39-35(28)36-34/h1-21H. The minimum atomic E-state index is 0.674. The number of benzene rings is 5. The number of fused-ring (bicyclic) bond motifs is 9. The second kappa shape index (κ2) is 7.59. The first-order chi connectivity index (χ1) is 19.3. The van der Waals surface area contributed by atoms with E-state index in [-0.39, 0.29) is 0 Å². The first-order valence-corrected chi connectivity index (χ1v) is 13.2. The van der Waals surface area contributed by atoms with Crippen molar-refractivity contribution in [3.05, 3.63) is 127 Å². The zero-order valence-electron chi connectivity index (χ0n) is 20.9. The molecule has 0 atom stereocenters. The van der Waals surface area contributed by atoms with E-state index >= 15 is 0 Å². The molecule has 0 aliphatic carbocycles. The highest BCUT2D eigenvalue weighted by molar-refractivity contribution is 6.15. The van der Waals surface area contributed by atoms with E-state index in [4.69, 9.17) is 9.40 Å². The van der Waals surface area contributed by atoms with Crippen LogP contribution >= 0.6 is 0 Å². The van der Waals surface area contributed by atoms with Crippen LogP contribution < -0.4 is 0 Å². The lowest BCUT2D eigenvalue weighted by molar-refractivity contribution is 0.656. The van der Waals surface area contributed by atoms with Gasteiger partial charge in [-0.15, -0.1) is 0 Å². The molecule has 4 heterocycles. The summed E-state index contributed by atoms with van der Waals surface area (Å²) in [5, 5.41) is 5.69. The highest BCUT2D eigenvalue weighted by atomic mass is 16.3. The maximum Gasteiger partial charge on any atom is 0.228 e. The van der Waals surface area contributed by atoms with Gasteiger partial charge in [-0.25, -0.2) is 4.98 Å². The molecule has 0 radical (unpaired) electrons. The summed E-state index contributed by atoms with van der Waals surface area (Å²) in [4.78, 5) is 5.05. The Hall–Kier alpha value is -5.35. The third-order valence-electron chi connectivity index (χ3n) is 7.92. The van der Waals surface area contributed by atoms with Gasteiger partial charge in [-0.1, -0.05) is 72.8 Å². The van der Waals surface area contributed by atoms with Gasteiger partial charge < -0.3 is 13.6 Å². The van der Waals surface area contributed by atoms with Gasteiger partial charge in [0.1, 0.15) is 11.1 Å². The zero-order valence-corrected chi connectivity index (χ0v) is 20.9. The van der Waals surface area contributed by atoms with Crippen LogP contribution in [-0.2, 0) is 0 Å². The van der Waals surface area contributed by atoms with Crippen LogP contribution in [0.15, 0.2) is 132 Å². The number of nitrogens with zero attached hydrogens (tertiary/aromatic N) is 3. The van der Waals surface area contributed by atoms with Crippen molar-refractivity contribution >= 4 is 65.8 Å². The maximum absolute atomic E-state index is 6.15. The summed E-state index contributed by atoms with van der Waals surface area (Å²) in [6.45, 7) is 0. The van der Waals surface area contributed by atoms with Crippen LogP contribution in [0.5, 0.6) is 0 Å². The molecule has 5 aromatic carbocycles. The Morgan fingerprint density at radius 2 is 1.08 bits per heavy atom. The average Bonchev–Trinajstić information content (AvgIpc) is 3.63. The molecule has 4 nitrogen and oxygen atoms in total. The Morgan fingerprint density at radius 3 is 1.92 bits per heavy atom. The van der Waals surface area contributed by atoms with Crippen LogP contribution in [0.25, 0.3) is 77.2 Å². The maximum atomic E-state index is 6.15. The molecule has 0 spiro atoms. The van der Waals surface area contributed by atoms with Crippen molar-refractivity contribution in [3.8, 4) is 11.4 Å². The van der Waals surface area contributed by atoms with E-state index in [2.05, 4.69) is 118 Å². The number of rotatable bonds is 2. The van der Waals surface area contributed by atoms with Gasteiger partial charge in [-0.3, -0.25) is 0 Å². The summed E-state index contributed by atoms with van der Waals surface area (Å²) in [6.07, 6.45) is 0. The molecule has 0 fully saturated rings. The number of hydrogen-bond donors (Lipinski definition) is 0. The van der Waals surface area contributed by atoms with E-state index in [1.54, 1.807) is 0 Å². The highest BCUT2D eigenvalue weighted by Gasteiger charge is 2.19. The summed E-state index contributed by atoms with van der Waals surface area (Å²) >= 11 is 0. The smallest absolute Gasteiger partial charge is 0.228 e. The number of para-hydroxylation sites is 4. The number of furan rings is 1. The molecule has 0 saturated carbocycles. The SMILES string of the molecule is c1ccc(-n2c3ccccc3c3cc(-n4c5ccccc5c5nc6oc7ccccc7c6cc54)ccc32)cc1. The molecule has 9 rings (SSSR count). The molecule has 0 saturated heterocycles. The Balaban J connectivity index is 1.39. The predicted molar refractivity (Wildman–Crippen MR) is 160 cm³/mol. The molecule has 0 aliphatic heterocycles. The fraction of sp³-hybridized carbons (Fsp3) is 0. The van der Waals surface area contributed by atoms with Gasteiger partial charge in [0, 0.05) is 32.9 Å². The number of pyridine rings is 1. The molecule has 0 bridgehead atoms. The summed E-state index contributed by atoms with van der Waals surface area (Å²) in [7, 11) is 0. The van der Waals surface area contributed by atoms with Crippen molar-refractivity contribution in [3.63, 3.8) is 0 Å². The molecule has 0 N–H and O–H groups in total. The summed E-state index contributed by atoms with van der Waals surface area (Å²) < 4.78 is 10.8. The third kappa shape index (κ3) is 2.80. The van der Waals surface area contributed by atoms with Gasteiger partial charge in [0.2, 0.25) is 5.71 Å². The monoisotopic (exact) mass is 499 g/mol. The molecule has 4 heteroatoms. The fourth-order valence-corrected chi connectivity index (χ4v) is 6.24. The van der Waals surface area contributed by atoms with E-state index in [9.17, 15) is 0 Å². The number of hydrogen-bond acceptors (Lipinski definition) is 2. The lowest BCUT2D eigenvalue weighted by atomic mass is 10.1. The molecule has 39 heavy (non-hydrogen) atoms. The fourth-order valence-electron chi connectivity index (χ4n) is 6.24. The molecule has 182 valence electrons. The Labute approximate surface area is 222 Å². The lowest BCUT2D eigenvalue weighted by Crippen LogP contribution is -1.95. The molecule has 0 aliphatic rings. The lowest BCUT2D eigenvalue weighted by Gasteiger charge is -2.10. The van der Waals surface area contributed by atoms with E-state index in [1.807, 2.05) is 18.2 Å². The van der Waals surface area contributed by atoms with Gasteiger partial charge in [-0.2, -0.15) is 0 Å². The molecule has 0 amide bonds. The highest BCUT2D eigenvalue weighted by Crippen LogP contribution is 2.38. The first kappa shape index (κ1) is 20.7. The van der Waals surface area contributed by atoms with E-state index in [1.165, 1.54) is 21.8 Å². The largest absolute Gasteiger partial charge is 0.438 e. The van der Waals surface area contributed by atoms with Crippen molar-refractivity contribution in [2.45, 2.75) is 0 Å². The second-order valence-corrected chi connectivity index (χ2v) is 10.0. The summed E-state index contributed by atoms with van der Waals surface area (Å²) in [6, 6.07) is 44.9. The summed E-state index contributed by atoms with van der Waals surface area (Å²) in [5.74, 6) is 0. The molecule has 0 unspecified atom stereocenters. The second-order valence-electron chi connectivity index (χ2n) is 10.0. The minimum absolute atomic E-state index is 0.674. The van der Waals surface area contributed by atoms with Gasteiger partial charge in [-0.05, 0) is 54.6 Å². The topological polar surface area (TPSA) is 35.9 Å². The zero-order chi connectivity index (χ0) is 25.5. The van der Waals surface area contributed by atoms with Crippen LogP contribution in [0.2, 0.25) is 0 Å². The van der Waals surface area contributed by atoms with Crippen LogP contribution in [0, 0.1) is 0 Å². The quantitative estimate of drug-likeness (QED) is 0.238. The van der Waals surface area contributed by atoms with Gasteiger partial charge in [0.15, 0.2) is 0 Å². The molecular weight excluding hydrogens is 478 g/mol. The molecular formula is C35H21N3O. The van der Waals surface area contributed by atoms with E-state index in [0.29, 0.717) is 5.71 Å². The minimum Gasteiger partial charge on any atom is -0.438 e. The van der Waals surface area contributed by atoms with Crippen molar-refractivity contribution in [1.29, 1.82) is 0 Å². The first-order valence-electron chi connectivity index (χ1n) is 13.2. The third-order valence-corrected chi connectivity index (χ3v) is 7.92. The van der Waals surface area contributed by atoms with Crippen molar-refractivity contribution in [2.75, 3.05) is 0 Å². The van der Waals surface area contributed by atoms with Crippen LogP contribution in [0.1, 0.15) is 0 Å². The van der Waals surface area contributed by atoms with Crippen molar-refractivity contribution in [2.24, 2.45) is 0 Å². The van der Waals surface area contributed by atoms with Crippen molar-refractivity contribution in [1.82, 2.24) is 14.1 Å². The summed E-state index contributed by atoms with van der Waals surface area (Å²) in [5.41, 5.74) is 9.34. The van der Waals surface area contributed by atoms with Gasteiger partial charge in [0.05, 0.1) is 27.5 Å².